The standard InChI is InChI=1S/C6H6BrNO3S/c7-4-1-6(12-3-4)5(9)2-8(10)11/h1,3,5,9H,2H2/t5-/m0/s1. The molecule has 12 heavy (non-hydrogen) atoms. The smallest absolute Gasteiger partial charge is 0.234 e. The van der Waals surface area contributed by atoms with Crippen LogP contribution in [0.2, 0.25) is 0 Å². The van der Waals surface area contributed by atoms with Gasteiger partial charge >= 0.3 is 0 Å². The van der Waals surface area contributed by atoms with Crippen LogP contribution in [0, 0.1) is 10.1 Å². The highest BCUT2D eigenvalue weighted by molar-refractivity contribution is 9.10. The molecule has 1 heterocycles. The van der Waals surface area contributed by atoms with Gasteiger partial charge in [-0.2, -0.15) is 0 Å². The Balaban J connectivity index is 2.64. The summed E-state index contributed by atoms with van der Waals surface area (Å²) in [4.78, 5) is 10.1. The maximum atomic E-state index is 10.0. The van der Waals surface area contributed by atoms with Crippen LogP contribution >= 0.6 is 27.3 Å². The van der Waals surface area contributed by atoms with Crippen LogP contribution in [0.15, 0.2) is 15.9 Å². The molecule has 1 atom stereocenters. The fourth-order valence-corrected chi connectivity index (χ4v) is 2.16. The molecule has 0 fully saturated rings. The zero-order valence-corrected chi connectivity index (χ0v) is 8.34. The zero-order chi connectivity index (χ0) is 9.14. The molecule has 0 amide bonds. The fraction of sp³-hybridized carbons (Fsp3) is 0.333. The predicted octanol–water partition coefficient (Wildman–Crippen LogP) is 1.82. The number of hydrogen-bond acceptors (Lipinski definition) is 4. The van der Waals surface area contributed by atoms with Crippen LogP contribution in [0.1, 0.15) is 11.0 Å². The van der Waals surface area contributed by atoms with Gasteiger partial charge in [0.1, 0.15) is 0 Å². The van der Waals surface area contributed by atoms with Gasteiger partial charge in [0.25, 0.3) is 0 Å². The molecule has 0 unspecified atom stereocenters. The highest BCUT2D eigenvalue weighted by atomic mass is 79.9. The summed E-state index contributed by atoms with van der Waals surface area (Å²) in [6.45, 7) is -0.438. The van der Waals surface area contributed by atoms with Crippen molar-refractivity contribution in [1.29, 1.82) is 0 Å². The average Bonchev–Trinajstić information content (AvgIpc) is 2.34. The summed E-state index contributed by atoms with van der Waals surface area (Å²) in [5.74, 6) is 0. The Hall–Kier alpha value is -0.460. The Bertz CT molecular complexity index is 288. The molecule has 66 valence electrons. The third-order valence-electron chi connectivity index (χ3n) is 1.24. The van der Waals surface area contributed by atoms with Gasteiger partial charge in [0, 0.05) is 19.7 Å². The molecule has 0 radical (unpaired) electrons. The first-order chi connectivity index (χ1) is 5.59. The summed E-state index contributed by atoms with van der Waals surface area (Å²) < 4.78 is 0.838. The lowest BCUT2D eigenvalue weighted by molar-refractivity contribution is -0.491. The van der Waals surface area contributed by atoms with Crippen molar-refractivity contribution >= 4 is 27.3 Å². The minimum Gasteiger partial charge on any atom is -0.381 e. The summed E-state index contributed by atoms with van der Waals surface area (Å²) in [5.41, 5.74) is 0. The molecule has 1 N–H and O–H groups in total. The molecular formula is C6H6BrNO3S. The molecule has 6 heteroatoms. The van der Waals surface area contributed by atoms with Crippen molar-refractivity contribution in [2.75, 3.05) is 6.54 Å². The summed E-state index contributed by atoms with van der Waals surface area (Å²) in [5, 5.41) is 21.1. The van der Waals surface area contributed by atoms with Crippen molar-refractivity contribution in [2.24, 2.45) is 0 Å². The summed E-state index contributed by atoms with van der Waals surface area (Å²) in [6.07, 6.45) is -0.990. The van der Waals surface area contributed by atoms with Crippen LogP contribution < -0.4 is 0 Å². The van der Waals surface area contributed by atoms with Crippen molar-refractivity contribution in [2.45, 2.75) is 6.10 Å². The summed E-state index contributed by atoms with van der Waals surface area (Å²) in [6, 6.07) is 1.68. The van der Waals surface area contributed by atoms with Crippen molar-refractivity contribution < 1.29 is 10.0 Å². The summed E-state index contributed by atoms with van der Waals surface area (Å²) in [7, 11) is 0. The lowest BCUT2D eigenvalue weighted by Gasteiger charge is -2.00. The van der Waals surface area contributed by atoms with Gasteiger partial charge in [0.05, 0.1) is 0 Å². The van der Waals surface area contributed by atoms with Crippen LogP contribution in [0.3, 0.4) is 0 Å². The van der Waals surface area contributed by atoms with Gasteiger partial charge in [-0.1, -0.05) is 0 Å². The topological polar surface area (TPSA) is 63.4 Å². The quantitative estimate of drug-likeness (QED) is 0.659. The van der Waals surface area contributed by atoms with E-state index < -0.39 is 17.6 Å². The van der Waals surface area contributed by atoms with Gasteiger partial charge in [-0.05, 0) is 22.0 Å². The summed E-state index contributed by atoms with van der Waals surface area (Å²) >= 11 is 4.49. The molecule has 0 aliphatic carbocycles. The highest BCUT2D eigenvalue weighted by Crippen LogP contribution is 2.25. The Labute approximate surface area is 81.1 Å². The number of halogens is 1. The molecule has 0 aliphatic heterocycles. The highest BCUT2D eigenvalue weighted by Gasteiger charge is 2.15. The molecular weight excluding hydrogens is 246 g/mol. The Morgan fingerprint density at radius 2 is 2.50 bits per heavy atom. The maximum absolute atomic E-state index is 10.0. The lowest BCUT2D eigenvalue weighted by Crippen LogP contribution is -2.10. The zero-order valence-electron chi connectivity index (χ0n) is 5.94. The molecule has 0 saturated carbocycles. The van der Waals surface area contributed by atoms with Crippen LogP contribution in [0.25, 0.3) is 0 Å². The minimum atomic E-state index is -0.990. The molecule has 1 aromatic rings. The minimum absolute atomic E-state index is 0.438. The Morgan fingerprint density at radius 1 is 1.83 bits per heavy atom. The monoisotopic (exact) mass is 251 g/mol. The van der Waals surface area contributed by atoms with E-state index in [0.29, 0.717) is 4.88 Å². The molecule has 4 nitrogen and oxygen atoms in total. The molecule has 0 bridgehead atoms. The number of rotatable bonds is 3. The third kappa shape index (κ3) is 2.54. The SMILES string of the molecule is O=[N+]([O-])C[C@H](O)c1cc(Br)cs1. The Kier molecular flexibility index (Phi) is 3.19. The van der Waals surface area contributed by atoms with Gasteiger partial charge < -0.3 is 5.11 Å². The first-order valence-corrected chi connectivity index (χ1v) is 4.80. The van der Waals surface area contributed by atoms with Crippen molar-refractivity contribution in [1.82, 2.24) is 0 Å². The Morgan fingerprint density at radius 3 is 2.92 bits per heavy atom. The van der Waals surface area contributed by atoms with Crippen molar-refractivity contribution in [3.63, 3.8) is 0 Å². The van der Waals surface area contributed by atoms with Gasteiger partial charge in [0.2, 0.25) is 6.54 Å². The largest absolute Gasteiger partial charge is 0.381 e. The van der Waals surface area contributed by atoms with Crippen molar-refractivity contribution in [3.05, 3.63) is 30.9 Å². The average molecular weight is 252 g/mol. The van der Waals surface area contributed by atoms with Crippen LogP contribution in [0.5, 0.6) is 0 Å². The van der Waals surface area contributed by atoms with Crippen LogP contribution in [-0.2, 0) is 0 Å². The van der Waals surface area contributed by atoms with E-state index in [2.05, 4.69) is 15.9 Å². The van der Waals surface area contributed by atoms with E-state index in [1.165, 1.54) is 11.3 Å². The third-order valence-corrected chi connectivity index (χ3v) is 3.03. The molecule has 0 aromatic carbocycles. The van der Waals surface area contributed by atoms with Gasteiger partial charge in [-0.3, -0.25) is 10.1 Å². The number of hydrogen-bond donors (Lipinski definition) is 1. The van der Waals surface area contributed by atoms with Gasteiger partial charge in [-0.25, -0.2) is 0 Å². The lowest BCUT2D eigenvalue weighted by atomic mass is 10.3. The van der Waals surface area contributed by atoms with Crippen molar-refractivity contribution in [3.8, 4) is 0 Å². The molecule has 1 aromatic heterocycles. The molecule has 0 saturated heterocycles. The van der Waals surface area contributed by atoms with Gasteiger partial charge in [-0.15, -0.1) is 11.3 Å². The molecule has 0 aliphatic rings. The second-order valence-electron chi connectivity index (χ2n) is 2.20. The first-order valence-electron chi connectivity index (χ1n) is 3.13. The van der Waals surface area contributed by atoms with E-state index in [4.69, 9.17) is 0 Å². The van der Waals surface area contributed by atoms with Crippen LogP contribution in [0.4, 0.5) is 0 Å². The van der Waals surface area contributed by atoms with E-state index >= 15 is 0 Å². The number of aliphatic hydroxyl groups is 1. The molecule has 0 spiro atoms. The van der Waals surface area contributed by atoms with E-state index in [1.54, 1.807) is 11.4 Å². The number of thiophene rings is 1. The van der Waals surface area contributed by atoms with E-state index in [-0.39, 0.29) is 0 Å². The first kappa shape index (κ1) is 9.63. The van der Waals surface area contributed by atoms with Gasteiger partial charge in [0.15, 0.2) is 6.10 Å². The van der Waals surface area contributed by atoms with E-state index in [9.17, 15) is 15.2 Å². The van der Waals surface area contributed by atoms with Crippen LogP contribution in [-0.4, -0.2) is 16.6 Å². The second kappa shape index (κ2) is 3.97. The second-order valence-corrected chi connectivity index (χ2v) is 4.06. The van der Waals surface area contributed by atoms with E-state index in [0.717, 1.165) is 4.47 Å². The number of nitro groups is 1. The normalized spacial score (nSPS) is 12.8. The molecule has 1 rings (SSSR count). The number of aliphatic hydroxyl groups excluding tert-OH is 1. The van der Waals surface area contributed by atoms with E-state index in [1.807, 2.05) is 0 Å². The predicted molar refractivity (Wildman–Crippen MR) is 48.8 cm³/mol. The number of nitrogens with zero attached hydrogens (tertiary/aromatic N) is 1. The fourth-order valence-electron chi connectivity index (χ4n) is 0.734. The maximum Gasteiger partial charge on any atom is 0.234 e.